The summed E-state index contributed by atoms with van der Waals surface area (Å²) in [4.78, 5) is 11.8. The minimum absolute atomic E-state index is 0.207. The Morgan fingerprint density at radius 2 is 2.44 bits per heavy atom. The van der Waals surface area contributed by atoms with Crippen LogP contribution in [-0.4, -0.2) is 30.6 Å². The van der Waals surface area contributed by atoms with Gasteiger partial charge in [-0.25, -0.2) is 0 Å². The number of aromatic nitrogens is 1. The highest BCUT2D eigenvalue weighted by molar-refractivity contribution is 6.17. The first-order valence-corrected chi connectivity index (χ1v) is 6.51. The Hall–Kier alpha value is -1.07. The number of carbonyl (C=O) groups excluding carboxylic acids is 1. The molecule has 2 rings (SSSR count). The van der Waals surface area contributed by atoms with Gasteiger partial charge in [-0.3, -0.25) is 4.79 Å². The van der Waals surface area contributed by atoms with Crippen LogP contribution in [0, 0.1) is 5.41 Å². The molecule has 1 aliphatic rings. The minimum Gasteiger partial charge on any atom is -0.377 e. The van der Waals surface area contributed by atoms with Crippen molar-refractivity contribution in [2.75, 3.05) is 19.5 Å². The third-order valence-corrected chi connectivity index (χ3v) is 3.47. The van der Waals surface area contributed by atoms with Gasteiger partial charge in [0.1, 0.15) is 6.61 Å². The summed E-state index contributed by atoms with van der Waals surface area (Å²) < 4.78 is 9.86. The van der Waals surface area contributed by atoms with E-state index in [4.69, 9.17) is 20.9 Å². The van der Waals surface area contributed by atoms with Gasteiger partial charge in [0.25, 0.3) is 5.91 Å². The summed E-state index contributed by atoms with van der Waals surface area (Å²) in [5.74, 6) is 0.976. The summed E-state index contributed by atoms with van der Waals surface area (Å²) in [6, 6.07) is 1.60. The van der Waals surface area contributed by atoms with E-state index in [0.717, 1.165) is 19.3 Å². The average molecular weight is 273 g/mol. The normalized spacial score (nSPS) is 16.6. The third-order valence-electron chi connectivity index (χ3n) is 3.28. The van der Waals surface area contributed by atoms with E-state index < -0.39 is 0 Å². The first kappa shape index (κ1) is 13.4. The summed E-state index contributed by atoms with van der Waals surface area (Å²) >= 11 is 5.74. The summed E-state index contributed by atoms with van der Waals surface area (Å²) in [5, 5.41) is 6.59. The zero-order chi connectivity index (χ0) is 13.0. The summed E-state index contributed by atoms with van der Waals surface area (Å²) in [6.45, 7) is 0.974. The second-order valence-electron chi connectivity index (χ2n) is 4.73. The van der Waals surface area contributed by atoms with E-state index in [-0.39, 0.29) is 11.3 Å². The van der Waals surface area contributed by atoms with Gasteiger partial charge in [0.15, 0.2) is 11.5 Å². The molecule has 1 saturated carbocycles. The monoisotopic (exact) mass is 272 g/mol. The van der Waals surface area contributed by atoms with Crippen LogP contribution in [0.2, 0.25) is 0 Å². The van der Waals surface area contributed by atoms with E-state index in [1.807, 2.05) is 0 Å². The first-order chi connectivity index (χ1) is 8.69. The molecule has 0 atom stereocenters. The number of ether oxygens (including phenoxy) is 1. The Balaban J connectivity index is 1.83. The number of alkyl halides is 1. The molecule has 5 nitrogen and oxygen atoms in total. The van der Waals surface area contributed by atoms with Gasteiger partial charge in [-0.15, -0.1) is 11.6 Å². The van der Waals surface area contributed by atoms with Gasteiger partial charge in [-0.2, -0.15) is 0 Å². The van der Waals surface area contributed by atoms with Crippen LogP contribution in [0.25, 0.3) is 0 Å². The van der Waals surface area contributed by atoms with E-state index >= 15 is 0 Å². The fourth-order valence-electron chi connectivity index (χ4n) is 1.88. The SMILES string of the molecule is COCc1cc(C(=O)NCC2(CCCl)CC2)no1. The maximum absolute atomic E-state index is 11.8. The van der Waals surface area contributed by atoms with Crippen molar-refractivity contribution >= 4 is 17.5 Å². The number of halogens is 1. The number of hydrogen-bond acceptors (Lipinski definition) is 4. The molecule has 1 amide bonds. The van der Waals surface area contributed by atoms with Gasteiger partial charge in [-0.05, 0) is 24.7 Å². The van der Waals surface area contributed by atoms with Crippen LogP contribution in [0.15, 0.2) is 10.6 Å². The molecule has 1 fully saturated rings. The average Bonchev–Trinajstić information content (AvgIpc) is 2.96. The summed E-state index contributed by atoms with van der Waals surface area (Å²) in [5.41, 5.74) is 0.514. The zero-order valence-corrected chi connectivity index (χ0v) is 11.1. The second kappa shape index (κ2) is 5.71. The Morgan fingerprint density at radius 1 is 1.67 bits per heavy atom. The molecule has 0 bridgehead atoms. The number of nitrogens with one attached hydrogen (secondary N) is 1. The lowest BCUT2D eigenvalue weighted by Crippen LogP contribution is -2.30. The fourth-order valence-corrected chi connectivity index (χ4v) is 2.28. The molecule has 0 spiro atoms. The second-order valence-corrected chi connectivity index (χ2v) is 5.11. The predicted molar refractivity (Wildman–Crippen MR) is 66.6 cm³/mol. The molecule has 18 heavy (non-hydrogen) atoms. The van der Waals surface area contributed by atoms with Gasteiger partial charge < -0.3 is 14.6 Å². The number of hydrogen-bond donors (Lipinski definition) is 1. The highest BCUT2D eigenvalue weighted by Gasteiger charge is 2.41. The standard InChI is InChI=1S/C12H17ClN2O3/c1-17-7-9-6-10(15-18-9)11(16)14-8-12(2-3-12)4-5-13/h6H,2-5,7-8H2,1H3,(H,14,16). The topological polar surface area (TPSA) is 64.4 Å². The van der Waals surface area contributed by atoms with Gasteiger partial charge in [0.05, 0.1) is 0 Å². The molecule has 1 aliphatic carbocycles. The number of nitrogens with zero attached hydrogens (tertiary/aromatic N) is 1. The Bertz CT molecular complexity index is 415. The molecule has 1 aromatic rings. The predicted octanol–water partition coefficient (Wildman–Crippen LogP) is 1.96. The van der Waals surface area contributed by atoms with Gasteiger partial charge >= 0.3 is 0 Å². The van der Waals surface area contributed by atoms with E-state index in [0.29, 0.717) is 30.5 Å². The van der Waals surface area contributed by atoms with Crippen LogP contribution < -0.4 is 5.32 Å². The molecule has 1 heterocycles. The van der Waals surface area contributed by atoms with Crippen LogP contribution in [0.3, 0.4) is 0 Å². The van der Waals surface area contributed by atoms with Crippen LogP contribution in [0.5, 0.6) is 0 Å². The summed E-state index contributed by atoms with van der Waals surface area (Å²) in [6.07, 6.45) is 3.21. The number of carbonyl (C=O) groups is 1. The quantitative estimate of drug-likeness (QED) is 0.771. The molecular weight excluding hydrogens is 256 g/mol. The molecule has 1 N–H and O–H groups in total. The van der Waals surface area contributed by atoms with Crippen molar-refractivity contribution in [1.29, 1.82) is 0 Å². The fraction of sp³-hybridized carbons (Fsp3) is 0.667. The largest absolute Gasteiger partial charge is 0.377 e. The van der Waals surface area contributed by atoms with Gasteiger partial charge in [0.2, 0.25) is 0 Å². The van der Waals surface area contributed by atoms with Crippen molar-refractivity contribution < 1.29 is 14.1 Å². The zero-order valence-electron chi connectivity index (χ0n) is 10.4. The van der Waals surface area contributed by atoms with E-state index in [1.54, 1.807) is 13.2 Å². The van der Waals surface area contributed by atoms with Crippen molar-refractivity contribution in [3.8, 4) is 0 Å². The maximum Gasteiger partial charge on any atom is 0.273 e. The van der Waals surface area contributed by atoms with Crippen molar-refractivity contribution in [1.82, 2.24) is 10.5 Å². The van der Waals surface area contributed by atoms with Crippen molar-refractivity contribution in [2.45, 2.75) is 25.9 Å². The molecule has 1 aromatic heterocycles. The molecule has 100 valence electrons. The molecular formula is C12H17ClN2O3. The van der Waals surface area contributed by atoms with E-state index in [1.165, 1.54) is 0 Å². The lowest BCUT2D eigenvalue weighted by Gasteiger charge is -2.13. The van der Waals surface area contributed by atoms with Crippen molar-refractivity contribution in [3.05, 3.63) is 17.5 Å². The van der Waals surface area contributed by atoms with Crippen LogP contribution >= 0.6 is 11.6 Å². The molecule has 0 unspecified atom stereocenters. The van der Waals surface area contributed by atoms with Crippen molar-refractivity contribution in [2.24, 2.45) is 5.41 Å². The maximum atomic E-state index is 11.8. The molecule has 0 aromatic carbocycles. The Kier molecular flexibility index (Phi) is 4.24. The van der Waals surface area contributed by atoms with Crippen LogP contribution in [-0.2, 0) is 11.3 Å². The molecule has 6 heteroatoms. The smallest absolute Gasteiger partial charge is 0.273 e. The number of amides is 1. The molecule has 0 radical (unpaired) electrons. The van der Waals surface area contributed by atoms with E-state index in [2.05, 4.69) is 10.5 Å². The lowest BCUT2D eigenvalue weighted by atomic mass is 10.0. The van der Waals surface area contributed by atoms with Crippen LogP contribution in [0.4, 0.5) is 0 Å². The minimum atomic E-state index is -0.207. The van der Waals surface area contributed by atoms with E-state index in [9.17, 15) is 4.79 Å². The Morgan fingerprint density at radius 3 is 3.06 bits per heavy atom. The summed E-state index contributed by atoms with van der Waals surface area (Å²) in [7, 11) is 1.56. The highest BCUT2D eigenvalue weighted by atomic mass is 35.5. The van der Waals surface area contributed by atoms with Gasteiger partial charge in [0, 0.05) is 25.6 Å². The van der Waals surface area contributed by atoms with Gasteiger partial charge in [-0.1, -0.05) is 5.16 Å². The highest BCUT2D eigenvalue weighted by Crippen LogP contribution is 2.48. The van der Waals surface area contributed by atoms with Crippen LogP contribution in [0.1, 0.15) is 35.5 Å². The number of methoxy groups -OCH3 is 1. The number of rotatable bonds is 7. The molecule has 0 aliphatic heterocycles. The molecule has 0 saturated heterocycles. The first-order valence-electron chi connectivity index (χ1n) is 5.98. The Labute approximate surface area is 111 Å². The lowest BCUT2D eigenvalue weighted by molar-refractivity contribution is 0.0934. The van der Waals surface area contributed by atoms with Crippen molar-refractivity contribution in [3.63, 3.8) is 0 Å². The third kappa shape index (κ3) is 3.23.